The van der Waals surface area contributed by atoms with Crippen molar-refractivity contribution < 1.29 is 35.9 Å². The zero-order valence-electron chi connectivity index (χ0n) is 27.8. The number of ether oxygens (including phenoxy) is 1. The summed E-state index contributed by atoms with van der Waals surface area (Å²) in [5, 5.41) is 5.75. The predicted octanol–water partition coefficient (Wildman–Crippen LogP) is 5.66. The average Bonchev–Trinajstić information content (AvgIpc) is 3.80. The number of hydrogen-bond acceptors (Lipinski definition) is 7. The number of nitrogens with zero attached hydrogens (tertiary/aromatic N) is 3. The van der Waals surface area contributed by atoms with Crippen molar-refractivity contribution in [3.05, 3.63) is 94.0 Å². The summed E-state index contributed by atoms with van der Waals surface area (Å²) in [6.45, 7) is 3.93. The smallest absolute Gasteiger partial charge is 0.407 e. The summed E-state index contributed by atoms with van der Waals surface area (Å²) in [4.78, 5) is 33.1. The summed E-state index contributed by atoms with van der Waals surface area (Å²) in [6, 6.07) is 11.6. The van der Waals surface area contributed by atoms with Crippen molar-refractivity contribution in [2.24, 2.45) is 0 Å². The van der Waals surface area contributed by atoms with Crippen LogP contribution in [-0.2, 0) is 31.9 Å². The van der Waals surface area contributed by atoms with Gasteiger partial charge in [-0.05, 0) is 74.1 Å². The topological polar surface area (TPSA) is 121 Å². The molecule has 7 unspecified atom stereocenters. The van der Waals surface area contributed by atoms with Crippen LogP contribution in [0.5, 0.6) is 0 Å². The number of aromatic nitrogens is 1. The van der Waals surface area contributed by atoms with Crippen molar-refractivity contribution in [1.29, 1.82) is 0 Å². The van der Waals surface area contributed by atoms with Crippen molar-refractivity contribution in [3.8, 4) is 0 Å². The fourth-order valence-electron chi connectivity index (χ4n) is 7.53. The van der Waals surface area contributed by atoms with Crippen LogP contribution in [0.1, 0.15) is 61.4 Å². The monoisotopic (exact) mass is 733 g/mol. The summed E-state index contributed by atoms with van der Waals surface area (Å²) in [6.07, 6.45) is 2.12. The van der Waals surface area contributed by atoms with Gasteiger partial charge in [0.1, 0.15) is 17.6 Å². The maximum Gasteiger partial charge on any atom is 0.407 e. The highest BCUT2D eigenvalue weighted by molar-refractivity contribution is 7.89. The molecule has 6 rings (SSSR count). The van der Waals surface area contributed by atoms with Crippen LogP contribution in [0.25, 0.3) is 0 Å². The lowest BCUT2D eigenvalue weighted by Crippen LogP contribution is -2.57. The van der Waals surface area contributed by atoms with Crippen molar-refractivity contribution in [3.63, 3.8) is 0 Å². The summed E-state index contributed by atoms with van der Waals surface area (Å²) in [7, 11) is -2.36. The van der Waals surface area contributed by atoms with Gasteiger partial charge >= 0.3 is 6.09 Å². The van der Waals surface area contributed by atoms with E-state index < -0.39 is 51.4 Å². The van der Waals surface area contributed by atoms with Gasteiger partial charge in [0.05, 0.1) is 12.9 Å². The van der Waals surface area contributed by atoms with E-state index in [2.05, 4.69) is 20.5 Å². The molecule has 0 saturated carbocycles. The number of fused-ring (bicyclic) bond motifs is 4. The number of halogens is 4. The Balaban J connectivity index is 1.31. The molecule has 7 atom stereocenters. The van der Waals surface area contributed by atoms with Crippen molar-refractivity contribution in [2.75, 3.05) is 31.3 Å². The first-order valence-electron chi connectivity index (χ1n) is 16.4. The van der Waals surface area contributed by atoms with Gasteiger partial charge < -0.3 is 15.4 Å². The highest BCUT2D eigenvalue weighted by Gasteiger charge is 2.63. The Morgan fingerprint density at radius 1 is 1.14 bits per heavy atom. The number of carbonyl (C=O) groups is 2. The molecule has 3 aromatic rings. The lowest BCUT2D eigenvalue weighted by atomic mass is 9.85. The molecule has 3 aliphatic heterocycles. The molecule has 4 heterocycles. The van der Waals surface area contributed by atoms with Gasteiger partial charge in [0, 0.05) is 66.0 Å². The Kier molecular flexibility index (Phi) is 9.94. The second-order valence-corrected chi connectivity index (χ2v) is 16.0. The number of pyridine rings is 1. The number of alkyl halides is 2. The number of methoxy groups -OCH3 is 1. The van der Waals surface area contributed by atoms with E-state index in [1.165, 1.54) is 30.5 Å². The molecule has 2 amide bonds. The second-order valence-electron chi connectivity index (χ2n) is 13.5. The number of rotatable bonds is 10. The minimum absolute atomic E-state index is 0.0768. The molecule has 50 heavy (non-hydrogen) atoms. The molecule has 10 nitrogen and oxygen atoms in total. The number of nitrogens with one attached hydrogen (secondary N) is 2. The van der Waals surface area contributed by atoms with Gasteiger partial charge in [0.2, 0.25) is 15.9 Å². The lowest BCUT2D eigenvalue weighted by Gasteiger charge is -2.41. The Bertz CT molecular complexity index is 1860. The van der Waals surface area contributed by atoms with E-state index in [-0.39, 0.29) is 41.0 Å². The highest BCUT2D eigenvalue weighted by atomic mass is 35.5. The highest BCUT2D eigenvalue weighted by Crippen LogP contribution is 2.48. The van der Waals surface area contributed by atoms with Gasteiger partial charge in [-0.1, -0.05) is 35.9 Å². The molecule has 0 aliphatic carbocycles. The number of alkyl carbamates (subject to hydrolysis) is 1. The van der Waals surface area contributed by atoms with Crippen LogP contribution in [0, 0.1) is 5.82 Å². The number of benzene rings is 2. The summed E-state index contributed by atoms with van der Waals surface area (Å²) in [5.41, 5.74) is 0.314. The molecule has 1 aromatic heterocycles. The van der Waals surface area contributed by atoms with Crippen molar-refractivity contribution >= 4 is 39.3 Å². The first-order valence-corrected chi connectivity index (χ1v) is 18.4. The maximum atomic E-state index is 15.6. The van der Waals surface area contributed by atoms with Crippen LogP contribution in [0.15, 0.2) is 60.8 Å². The van der Waals surface area contributed by atoms with Crippen LogP contribution in [0.2, 0.25) is 5.02 Å². The summed E-state index contributed by atoms with van der Waals surface area (Å²) in [5.74, 6) is -5.44. The number of amides is 2. The quantitative estimate of drug-likeness (QED) is 0.258. The van der Waals surface area contributed by atoms with Gasteiger partial charge in [0.25, 0.3) is 5.92 Å². The minimum Gasteiger partial charge on any atom is -0.453 e. The molecule has 0 spiro atoms. The van der Waals surface area contributed by atoms with Gasteiger partial charge in [0.15, 0.2) is 0 Å². The minimum atomic E-state index is -3.49. The normalized spacial score (nSPS) is 26.5. The van der Waals surface area contributed by atoms with Crippen molar-refractivity contribution in [1.82, 2.24) is 19.5 Å². The molecule has 3 aliphatic rings. The van der Waals surface area contributed by atoms with E-state index in [0.29, 0.717) is 35.5 Å². The molecule has 15 heteroatoms. The first-order chi connectivity index (χ1) is 23.6. The number of hydrogen-bond donors (Lipinski definition) is 2. The van der Waals surface area contributed by atoms with Crippen LogP contribution < -0.4 is 10.6 Å². The summed E-state index contributed by atoms with van der Waals surface area (Å²) >= 11 is 6.14. The third-order valence-corrected chi connectivity index (χ3v) is 12.4. The van der Waals surface area contributed by atoms with Crippen LogP contribution >= 0.6 is 11.6 Å². The number of carbonyl (C=O) groups excluding carboxylic acids is 2. The zero-order valence-corrected chi connectivity index (χ0v) is 29.4. The third kappa shape index (κ3) is 7.21. The molecule has 2 N–H and O–H groups in total. The van der Waals surface area contributed by atoms with Crippen LogP contribution in [0.3, 0.4) is 0 Å². The van der Waals surface area contributed by atoms with E-state index in [0.717, 1.165) is 33.1 Å². The predicted molar refractivity (Wildman–Crippen MR) is 182 cm³/mol. The maximum absolute atomic E-state index is 15.6. The first kappa shape index (κ1) is 36.1. The molecule has 2 bridgehead atoms. The lowest BCUT2D eigenvalue weighted by molar-refractivity contribution is -0.118. The third-order valence-electron chi connectivity index (χ3n) is 10.2. The van der Waals surface area contributed by atoms with E-state index in [9.17, 15) is 26.8 Å². The average molecular weight is 734 g/mol. The van der Waals surface area contributed by atoms with Crippen LogP contribution in [0.4, 0.5) is 23.7 Å². The number of piperazine rings is 1. The molecular weight excluding hydrogens is 695 g/mol. The van der Waals surface area contributed by atoms with E-state index in [1.54, 1.807) is 28.6 Å². The second kappa shape index (κ2) is 13.8. The Labute approximate surface area is 294 Å². The van der Waals surface area contributed by atoms with E-state index in [4.69, 9.17) is 16.3 Å². The van der Waals surface area contributed by atoms with Crippen molar-refractivity contribution in [2.45, 2.75) is 75.0 Å². The SMILES string of the molecule is COC(=O)NC(C(=O)Nc1cccc(F)c1CCC1N2CC(CCCS2(=O)=O)N2CC12C)C(c1ccc(Cl)cc1)c1ccc(C(C)(F)F)nc1. The Morgan fingerprint density at radius 3 is 2.52 bits per heavy atom. The van der Waals surface area contributed by atoms with E-state index >= 15 is 4.39 Å². The van der Waals surface area contributed by atoms with Gasteiger partial charge in [-0.25, -0.2) is 17.6 Å². The molecule has 2 aromatic carbocycles. The molecule has 0 radical (unpaired) electrons. The number of sulfonamides is 1. The molecule has 268 valence electrons. The number of anilines is 1. The Hall–Kier alpha value is -3.72. The molecule has 3 fully saturated rings. The zero-order chi connectivity index (χ0) is 36.0. The fraction of sp³-hybridized carbons (Fsp3) is 0.457. The molecule has 3 saturated heterocycles. The van der Waals surface area contributed by atoms with Crippen LogP contribution in [-0.4, -0.2) is 84.2 Å². The van der Waals surface area contributed by atoms with Gasteiger partial charge in [-0.3, -0.25) is 14.7 Å². The largest absolute Gasteiger partial charge is 0.453 e. The standard InChI is InChI=1S/C35H39ClF3N5O5S/c1-34-20-43(34)24-6-5-17-50(47,48)44(19-24)29(34)16-14-25-26(37)7-4-8-27(25)41-32(45)31(42-33(46)49-3)30(21-9-12-23(36)13-10-21)22-11-15-28(40-18-22)35(2,38)39/h4,7-13,15,18,24,29-31H,5-6,14,16-17,19-20H2,1-3H3,(H,41,45)(H,42,46). The van der Waals surface area contributed by atoms with E-state index in [1.807, 2.05) is 6.92 Å². The fourth-order valence-corrected chi connectivity index (χ4v) is 9.54. The van der Waals surface area contributed by atoms with Gasteiger partial charge in [-0.15, -0.1) is 0 Å². The Morgan fingerprint density at radius 2 is 1.86 bits per heavy atom. The molecular formula is C35H39ClF3N5O5S. The van der Waals surface area contributed by atoms with Gasteiger partial charge in [-0.2, -0.15) is 13.1 Å². The summed E-state index contributed by atoms with van der Waals surface area (Å²) < 4.78 is 76.6.